The van der Waals surface area contributed by atoms with Gasteiger partial charge in [0, 0.05) is 29.4 Å². The second kappa shape index (κ2) is 7.45. The molecule has 1 aromatic heterocycles. The van der Waals surface area contributed by atoms with Crippen LogP contribution in [0.15, 0.2) is 18.3 Å². The lowest BCUT2D eigenvalue weighted by Gasteiger charge is -2.15. The van der Waals surface area contributed by atoms with Crippen LogP contribution in [-0.4, -0.2) is 11.0 Å². The summed E-state index contributed by atoms with van der Waals surface area (Å²) in [6.07, 6.45) is 1.83. The fourth-order valence-electron chi connectivity index (χ4n) is 1.84. The van der Waals surface area contributed by atoms with Crippen LogP contribution in [0.5, 0.6) is 5.75 Å². The van der Waals surface area contributed by atoms with Gasteiger partial charge in [-0.2, -0.15) is 0 Å². The van der Waals surface area contributed by atoms with Crippen molar-refractivity contribution in [2.45, 2.75) is 40.0 Å². The van der Waals surface area contributed by atoms with Crippen molar-refractivity contribution in [2.75, 3.05) is 0 Å². The summed E-state index contributed by atoms with van der Waals surface area (Å²) in [4.78, 5) is 5.29. The maximum atomic E-state index is 6.27. The van der Waals surface area contributed by atoms with E-state index in [0.717, 1.165) is 15.4 Å². The highest BCUT2D eigenvalue weighted by Crippen LogP contribution is 2.33. The number of hydrogen-bond donors (Lipinski definition) is 1. The minimum atomic E-state index is 0.375. The first-order valence-electron chi connectivity index (χ1n) is 6.71. The fraction of sp³-hybridized carbons (Fsp3) is 0.400. The highest BCUT2D eigenvalue weighted by atomic mass is 35.5. The first-order chi connectivity index (χ1) is 9.95. The van der Waals surface area contributed by atoms with E-state index in [4.69, 9.17) is 27.9 Å². The van der Waals surface area contributed by atoms with Crippen molar-refractivity contribution in [1.29, 1.82) is 0 Å². The van der Waals surface area contributed by atoms with Crippen LogP contribution in [0.3, 0.4) is 0 Å². The van der Waals surface area contributed by atoms with Gasteiger partial charge in [0.05, 0.1) is 14.9 Å². The molecule has 1 heterocycles. The highest BCUT2D eigenvalue weighted by molar-refractivity contribution is 7.11. The second-order valence-electron chi connectivity index (χ2n) is 5.05. The zero-order chi connectivity index (χ0) is 15.4. The number of nitrogens with one attached hydrogen (secondary N) is 1. The predicted molar refractivity (Wildman–Crippen MR) is 89.6 cm³/mol. The molecule has 0 aliphatic heterocycles. The van der Waals surface area contributed by atoms with E-state index in [9.17, 15) is 0 Å². The Kier molecular flexibility index (Phi) is 5.88. The predicted octanol–water partition coefficient (Wildman–Crippen LogP) is 4.84. The molecule has 0 fully saturated rings. The molecule has 0 amide bonds. The summed E-state index contributed by atoms with van der Waals surface area (Å²) in [6.45, 7) is 7.28. The van der Waals surface area contributed by atoms with E-state index in [1.165, 1.54) is 0 Å². The molecular formula is C15H18Cl2N2OS. The summed E-state index contributed by atoms with van der Waals surface area (Å²) in [5.74, 6) is 0.681. The third-order valence-electron chi connectivity index (χ3n) is 2.81. The van der Waals surface area contributed by atoms with E-state index >= 15 is 0 Å². The number of benzene rings is 1. The molecule has 0 spiro atoms. The zero-order valence-corrected chi connectivity index (χ0v) is 14.6. The molecule has 114 valence electrons. The molecule has 0 bridgehead atoms. The molecule has 2 rings (SSSR count). The molecule has 1 aromatic carbocycles. The van der Waals surface area contributed by atoms with Crippen LogP contribution >= 0.6 is 34.5 Å². The average molecular weight is 345 g/mol. The number of halogens is 2. The van der Waals surface area contributed by atoms with Crippen molar-refractivity contribution in [1.82, 2.24) is 10.3 Å². The quantitative estimate of drug-likeness (QED) is 0.814. The zero-order valence-electron chi connectivity index (χ0n) is 12.2. The number of aromatic nitrogens is 1. The summed E-state index contributed by atoms with van der Waals surface area (Å²) >= 11 is 14.0. The summed E-state index contributed by atoms with van der Waals surface area (Å²) in [5.41, 5.74) is 0.961. The van der Waals surface area contributed by atoms with E-state index in [-0.39, 0.29) is 0 Å². The van der Waals surface area contributed by atoms with Crippen molar-refractivity contribution in [3.8, 4) is 5.75 Å². The SMILES string of the molecule is Cc1ncc(COc2c(Cl)cc(Cl)cc2CNC(C)C)s1. The van der Waals surface area contributed by atoms with Crippen molar-refractivity contribution < 1.29 is 4.74 Å². The largest absolute Gasteiger partial charge is 0.486 e. The van der Waals surface area contributed by atoms with Crippen molar-refractivity contribution >= 4 is 34.5 Å². The monoisotopic (exact) mass is 344 g/mol. The molecule has 1 N–H and O–H groups in total. The maximum Gasteiger partial charge on any atom is 0.143 e. The molecule has 0 atom stereocenters. The molecule has 21 heavy (non-hydrogen) atoms. The third kappa shape index (κ3) is 4.85. The van der Waals surface area contributed by atoms with Gasteiger partial charge >= 0.3 is 0 Å². The average Bonchev–Trinajstić information content (AvgIpc) is 2.80. The van der Waals surface area contributed by atoms with Crippen molar-refractivity contribution in [3.63, 3.8) is 0 Å². The van der Waals surface area contributed by atoms with Crippen LogP contribution in [0.2, 0.25) is 10.0 Å². The lowest BCUT2D eigenvalue weighted by molar-refractivity contribution is 0.305. The van der Waals surface area contributed by atoms with Gasteiger partial charge in [0.2, 0.25) is 0 Å². The van der Waals surface area contributed by atoms with Crippen LogP contribution in [0.1, 0.15) is 29.3 Å². The standard InChI is InChI=1S/C15H18Cl2N2OS/c1-9(2)18-6-11-4-12(16)5-14(17)15(11)20-8-13-7-19-10(3)21-13/h4-5,7,9,18H,6,8H2,1-3H3. The van der Waals surface area contributed by atoms with E-state index in [1.54, 1.807) is 17.4 Å². The fourth-order valence-corrected chi connectivity index (χ4v) is 3.13. The normalized spacial score (nSPS) is 11.1. The van der Waals surface area contributed by atoms with E-state index in [2.05, 4.69) is 24.1 Å². The summed E-state index contributed by atoms with van der Waals surface area (Å²) in [7, 11) is 0. The first-order valence-corrected chi connectivity index (χ1v) is 8.28. The molecule has 0 aliphatic carbocycles. The Balaban J connectivity index is 2.15. The maximum absolute atomic E-state index is 6.27. The molecule has 0 unspecified atom stereocenters. The minimum absolute atomic E-state index is 0.375. The van der Waals surface area contributed by atoms with Gasteiger partial charge in [-0.25, -0.2) is 4.98 Å². The van der Waals surface area contributed by atoms with Crippen LogP contribution in [-0.2, 0) is 13.2 Å². The second-order valence-corrected chi connectivity index (χ2v) is 7.21. The Bertz CT molecular complexity index is 614. The van der Waals surface area contributed by atoms with Gasteiger partial charge in [-0.15, -0.1) is 11.3 Å². The minimum Gasteiger partial charge on any atom is -0.486 e. The number of thiazole rings is 1. The van der Waals surface area contributed by atoms with Crippen LogP contribution < -0.4 is 10.1 Å². The smallest absolute Gasteiger partial charge is 0.143 e. The number of aryl methyl sites for hydroxylation is 1. The molecule has 0 saturated carbocycles. The van der Waals surface area contributed by atoms with Gasteiger partial charge < -0.3 is 10.1 Å². The third-order valence-corrected chi connectivity index (χ3v) is 4.20. The Hall–Kier alpha value is -0.810. The molecular weight excluding hydrogens is 327 g/mol. The van der Waals surface area contributed by atoms with Gasteiger partial charge in [-0.1, -0.05) is 37.0 Å². The Morgan fingerprint density at radius 2 is 2.10 bits per heavy atom. The van der Waals surface area contributed by atoms with Gasteiger partial charge in [0.1, 0.15) is 12.4 Å². The molecule has 0 aliphatic rings. The number of nitrogens with zero attached hydrogens (tertiary/aromatic N) is 1. The molecule has 0 saturated heterocycles. The molecule has 6 heteroatoms. The number of hydrogen-bond acceptors (Lipinski definition) is 4. The van der Waals surface area contributed by atoms with Gasteiger partial charge in [0.15, 0.2) is 0 Å². The van der Waals surface area contributed by atoms with Crippen molar-refractivity contribution in [3.05, 3.63) is 43.8 Å². The Morgan fingerprint density at radius 1 is 1.33 bits per heavy atom. The highest BCUT2D eigenvalue weighted by Gasteiger charge is 2.12. The van der Waals surface area contributed by atoms with Gasteiger partial charge in [-0.05, 0) is 19.1 Å². The van der Waals surface area contributed by atoms with Crippen LogP contribution in [0, 0.1) is 6.92 Å². The molecule has 0 radical (unpaired) electrons. The lowest BCUT2D eigenvalue weighted by atomic mass is 10.2. The first kappa shape index (κ1) is 16.6. The van der Waals surface area contributed by atoms with E-state index < -0.39 is 0 Å². The summed E-state index contributed by atoms with van der Waals surface area (Å²) in [5, 5.41) is 5.52. The van der Waals surface area contributed by atoms with Gasteiger partial charge in [-0.3, -0.25) is 0 Å². The van der Waals surface area contributed by atoms with Crippen LogP contribution in [0.4, 0.5) is 0 Å². The van der Waals surface area contributed by atoms with Crippen LogP contribution in [0.25, 0.3) is 0 Å². The molecule has 3 nitrogen and oxygen atoms in total. The Morgan fingerprint density at radius 3 is 2.71 bits per heavy atom. The summed E-state index contributed by atoms with van der Waals surface area (Å²) < 4.78 is 5.89. The van der Waals surface area contributed by atoms with E-state index in [1.807, 2.05) is 19.2 Å². The number of ether oxygens (including phenoxy) is 1. The topological polar surface area (TPSA) is 34.1 Å². The Labute approximate surface area is 139 Å². The van der Waals surface area contributed by atoms with Crippen molar-refractivity contribution in [2.24, 2.45) is 0 Å². The molecule has 2 aromatic rings. The summed E-state index contributed by atoms with van der Waals surface area (Å²) in [6, 6.07) is 3.96. The number of rotatable bonds is 6. The van der Waals surface area contributed by atoms with E-state index in [0.29, 0.717) is 35.0 Å². The van der Waals surface area contributed by atoms with Gasteiger partial charge in [0.25, 0.3) is 0 Å². The lowest BCUT2D eigenvalue weighted by Crippen LogP contribution is -2.22.